The number of Topliss-reactive ketones (excluding diaryl/α,β-unsaturated/α-hetero) is 1. The molecule has 0 saturated heterocycles. The van der Waals surface area contributed by atoms with Crippen LogP contribution in [0.1, 0.15) is 12.0 Å². The third-order valence-electron chi connectivity index (χ3n) is 2.18. The molecule has 0 N–H and O–H groups in total. The number of hydrogen-bond donors (Lipinski definition) is 0. The number of hydrogen-bond acceptors (Lipinski definition) is 2. The van der Waals surface area contributed by atoms with Crippen LogP contribution in [0.4, 0.5) is 17.6 Å². The van der Waals surface area contributed by atoms with Gasteiger partial charge in [-0.25, -0.2) is 4.39 Å². The Kier molecular flexibility index (Phi) is 5.93. The number of rotatable bonds is 6. The summed E-state index contributed by atoms with van der Waals surface area (Å²) in [4.78, 5) is 11.5. The summed E-state index contributed by atoms with van der Waals surface area (Å²) in [5, 5.41) is 0. The summed E-state index contributed by atoms with van der Waals surface area (Å²) in [5.74, 6) is -0.703. The highest BCUT2D eigenvalue weighted by atomic mass is 79.9. The van der Waals surface area contributed by atoms with Crippen molar-refractivity contribution in [2.45, 2.75) is 19.0 Å². The number of carbonyl (C=O) groups excluding carboxylic acids is 1. The minimum atomic E-state index is -4.38. The number of alkyl halides is 3. The summed E-state index contributed by atoms with van der Waals surface area (Å²) in [5.41, 5.74) is 0.592. The minimum Gasteiger partial charge on any atom is -0.372 e. The van der Waals surface area contributed by atoms with Gasteiger partial charge in [-0.05, 0) is 33.6 Å². The van der Waals surface area contributed by atoms with E-state index in [1.807, 2.05) is 0 Å². The second kappa shape index (κ2) is 7.00. The molecule has 0 radical (unpaired) electrons. The Balaban J connectivity index is 2.33. The SMILES string of the molecule is O=C(CCOCC(F)(F)F)Cc1ccc(F)c(Br)c1. The topological polar surface area (TPSA) is 26.3 Å². The lowest BCUT2D eigenvalue weighted by atomic mass is 10.1. The predicted octanol–water partition coefficient (Wildman–Crippen LogP) is 3.67. The van der Waals surface area contributed by atoms with Crippen LogP contribution in [0.15, 0.2) is 22.7 Å². The van der Waals surface area contributed by atoms with E-state index in [1.165, 1.54) is 18.2 Å². The van der Waals surface area contributed by atoms with E-state index in [1.54, 1.807) is 0 Å². The molecule has 19 heavy (non-hydrogen) atoms. The van der Waals surface area contributed by atoms with Gasteiger partial charge in [-0.1, -0.05) is 6.07 Å². The average Bonchev–Trinajstić information content (AvgIpc) is 2.28. The molecule has 1 aromatic rings. The van der Waals surface area contributed by atoms with Gasteiger partial charge in [-0.15, -0.1) is 0 Å². The number of ketones is 1. The highest BCUT2D eigenvalue weighted by molar-refractivity contribution is 9.10. The van der Waals surface area contributed by atoms with E-state index >= 15 is 0 Å². The first-order valence-corrected chi connectivity index (χ1v) is 6.17. The van der Waals surface area contributed by atoms with E-state index in [2.05, 4.69) is 20.7 Å². The Bertz CT molecular complexity index is 446. The first-order valence-electron chi connectivity index (χ1n) is 5.38. The van der Waals surface area contributed by atoms with Crippen molar-refractivity contribution in [3.8, 4) is 0 Å². The van der Waals surface area contributed by atoms with Crippen LogP contribution in [-0.2, 0) is 16.0 Å². The van der Waals surface area contributed by atoms with Crippen molar-refractivity contribution in [2.75, 3.05) is 13.2 Å². The molecule has 2 nitrogen and oxygen atoms in total. The van der Waals surface area contributed by atoms with Gasteiger partial charge in [0.1, 0.15) is 18.2 Å². The van der Waals surface area contributed by atoms with E-state index in [9.17, 15) is 22.4 Å². The van der Waals surface area contributed by atoms with Crippen molar-refractivity contribution in [2.24, 2.45) is 0 Å². The predicted molar refractivity (Wildman–Crippen MR) is 64.3 cm³/mol. The highest BCUT2D eigenvalue weighted by Gasteiger charge is 2.27. The average molecular weight is 343 g/mol. The van der Waals surface area contributed by atoms with Gasteiger partial charge in [0.15, 0.2) is 0 Å². The fraction of sp³-hybridized carbons (Fsp3) is 0.417. The fourth-order valence-electron chi connectivity index (χ4n) is 1.34. The molecule has 0 heterocycles. The summed E-state index contributed by atoms with van der Waals surface area (Å²) in [6.45, 7) is -1.64. The van der Waals surface area contributed by atoms with Gasteiger partial charge in [-0.3, -0.25) is 4.79 Å². The Morgan fingerprint density at radius 1 is 1.32 bits per heavy atom. The van der Waals surface area contributed by atoms with Crippen LogP contribution in [0.5, 0.6) is 0 Å². The first-order chi connectivity index (χ1) is 8.78. The maximum absolute atomic E-state index is 12.9. The van der Waals surface area contributed by atoms with Gasteiger partial charge in [-0.2, -0.15) is 13.2 Å². The molecular formula is C12H11BrF4O2. The lowest BCUT2D eigenvalue weighted by Crippen LogP contribution is -2.18. The zero-order chi connectivity index (χ0) is 14.5. The molecule has 0 unspecified atom stereocenters. The fourth-order valence-corrected chi connectivity index (χ4v) is 1.77. The molecule has 0 spiro atoms. The summed E-state index contributed by atoms with van der Waals surface area (Å²) in [6.07, 6.45) is -4.45. The third-order valence-corrected chi connectivity index (χ3v) is 2.78. The second-order valence-corrected chi connectivity index (χ2v) is 4.74. The third kappa shape index (κ3) is 6.68. The van der Waals surface area contributed by atoms with E-state index in [0.29, 0.717) is 5.56 Å². The Morgan fingerprint density at radius 3 is 2.58 bits per heavy atom. The van der Waals surface area contributed by atoms with E-state index in [4.69, 9.17) is 0 Å². The Labute approximate surface area is 115 Å². The maximum atomic E-state index is 12.9. The first kappa shape index (κ1) is 16.1. The summed E-state index contributed by atoms with van der Waals surface area (Å²) < 4.78 is 52.8. The lowest BCUT2D eigenvalue weighted by Gasteiger charge is -2.07. The van der Waals surface area contributed by atoms with Gasteiger partial charge in [0.05, 0.1) is 11.1 Å². The van der Waals surface area contributed by atoms with Crippen molar-refractivity contribution in [3.63, 3.8) is 0 Å². The smallest absolute Gasteiger partial charge is 0.372 e. The molecule has 0 fully saturated rings. The zero-order valence-corrected chi connectivity index (χ0v) is 11.4. The number of halogens is 5. The van der Waals surface area contributed by atoms with Crippen LogP contribution in [0, 0.1) is 5.82 Å². The largest absolute Gasteiger partial charge is 0.411 e. The van der Waals surface area contributed by atoms with Crippen LogP contribution < -0.4 is 0 Å². The summed E-state index contributed by atoms with van der Waals surface area (Å²) in [6, 6.07) is 4.13. The van der Waals surface area contributed by atoms with Crippen molar-refractivity contribution in [3.05, 3.63) is 34.1 Å². The molecule has 0 atom stereocenters. The summed E-state index contributed by atoms with van der Waals surface area (Å²) >= 11 is 2.99. The molecule has 0 amide bonds. The van der Waals surface area contributed by atoms with Crippen molar-refractivity contribution >= 4 is 21.7 Å². The molecule has 1 rings (SSSR count). The minimum absolute atomic E-state index is 0.0360. The molecule has 0 bridgehead atoms. The number of carbonyl (C=O) groups is 1. The highest BCUT2D eigenvalue weighted by Crippen LogP contribution is 2.18. The number of ether oxygens (including phenoxy) is 1. The molecule has 0 aliphatic rings. The molecule has 0 aliphatic carbocycles. The molecule has 0 saturated carbocycles. The van der Waals surface area contributed by atoms with Crippen LogP contribution in [0.3, 0.4) is 0 Å². The molecule has 106 valence electrons. The Hall–Kier alpha value is -0.950. The molecule has 0 aliphatic heterocycles. The van der Waals surface area contributed by atoms with Gasteiger partial charge in [0, 0.05) is 12.8 Å². The normalized spacial score (nSPS) is 11.6. The van der Waals surface area contributed by atoms with Crippen LogP contribution in [0.25, 0.3) is 0 Å². The van der Waals surface area contributed by atoms with Crippen molar-refractivity contribution in [1.29, 1.82) is 0 Å². The zero-order valence-electron chi connectivity index (χ0n) is 9.77. The van der Waals surface area contributed by atoms with Crippen molar-refractivity contribution < 1.29 is 27.1 Å². The van der Waals surface area contributed by atoms with E-state index in [0.717, 1.165) is 0 Å². The van der Waals surface area contributed by atoms with Crippen LogP contribution >= 0.6 is 15.9 Å². The molecule has 0 aromatic heterocycles. The van der Waals surface area contributed by atoms with E-state index in [-0.39, 0.29) is 29.7 Å². The summed E-state index contributed by atoms with van der Waals surface area (Å²) in [7, 11) is 0. The molecule has 7 heteroatoms. The maximum Gasteiger partial charge on any atom is 0.411 e. The molecular weight excluding hydrogens is 332 g/mol. The molecule has 1 aromatic carbocycles. The quantitative estimate of drug-likeness (QED) is 0.582. The standard InChI is InChI=1S/C12H11BrF4O2/c13-10-6-8(1-2-11(10)14)5-9(18)3-4-19-7-12(15,16)17/h1-2,6H,3-5,7H2. The second-order valence-electron chi connectivity index (χ2n) is 3.88. The lowest BCUT2D eigenvalue weighted by molar-refractivity contribution is -0.174. The van der Waals surface area contributed by atoms with Gasteiger partial charge < -0.3 is 4.74 Å². The van der Waals surface area contributed by atoms with Crippen LogP contribution in [-0.4, -0.2) is 25.2 Å². The monoisotopic (exact) mass is 342 g/mol. The van der Waals surface area contributed by atoms with Gasteiger partial charge >= 0.3 is 6.18 Å². The van der Waals surface area contributed by atoms with E-state index < -0.39 is 18.6 Å². The van der Waals surface area contributed by atoms with Crippen LogP contribution in [0.2, 0.25) is 0 Å². The van der Waals surface area contributed by atoms with Gasteiger partial charge in [0.25, 0.3) is 0 Å². The van der Waals surface area contributed by atoms with Gasteiger partial charge in [0.2, 0.25) is 0 Å². The number of benzene rings is 1. The van der Waals surface area contributed by atoms with Crippen molar-refractivity contribution in [1.82, 2.24) is 0 Å². The Morgan fingerprint density at radius 2 is 2.00 bits per heavy atom.